The number of carbonyl (C=O) groups excluding carboxylic acids is 2. The second kappa shape index (κ2) is 85.8. The number of esters is 1. The van der Waals surface area contributed by atoms with Gasteiger partial charge in [-0.25, -0.2) is 0 Å². The van der Waals surface area contributed by atoms with Crippen LogP contribution in [0.3, 0.4) is 0 Å². The van der Waals surface area contributed by atoms with Crippen molar-refractivity contribution in [2.24, 2.45) is 0 Å². The summed E-state index contributed by atoms with van der Waals surface area (Å²) in [5.74, 6) is -0.0347. The number of ether oxygens (including phenoxy) is 1. The number of amides is 1. The van der Waals surface area contributed by atoms with Crippen LogP contribution in [0.25, 0.3) is 0 Å². The fraction of sp³-hybridized carbons (Fsp3) is 0.933. The van der Waals surface area contributed by atoms with Gasteiger partial charge in [0.15, 0.2) is 0 Å². The highest BCUT2D eigenvalue weighted by Crippen LogP contribution is 2.21. The lowest BCUT2D eigenvalue weighted by atomic mass is 10.0. The molecule has 0 aromatic carbocycles. The molecular weight excluding hydrogens is 1170 g/mol. The zero-order chi connectivity index (χ0) is 69.1. The van der Waals surface area contributed by atoms with Crippen molar-refractivity contribution < 1.29 is 24.5 Å². The molecule has 0 rings (SSSR count). The summed E-state index contributed by atoms with van der Waals surface area (Å²) in [7, 11) is 0. The average Bonchev–Trinajstić information content (AvgIpc) is 2.88. The second-order valence-electron chi connectivity index (χ2n) is 30.9. The van der Waals surface area contributed by atoms with E-state index in [4.69, 9.17) is 4.74 Å². The van der Waals surface area contributed by atoms with Crippen LogP contribution in [0.5, 0.6) is 0 Å². The third kappa shape index (κ3) is 81.3. The van der Waals surface area contributed by atoms with E-state index < -0.39 is 12.1 Å². The maximum absolute atomic E-state index is 12.6. The molecule has 0 aromatic heterocycles. The predicted octanol–water partition coefficient (Wildman–Crippen LogP) is 29.9. The van der Waals surface area contributed by atoms with E-state index in [1.54, 1.807) is 6.08 Å². The van der Waals surface area contributed by atoms with E-state index in [9.17, 15) is 19.8 Å². The fourth-order valence-corrected chi connectivity index (χ4v) is 14.5. The summed E-state index contributed by atoms with van der Waals surface area (Å²) in [5, 5.41) is 23.3. The number of aliphatic hydroxyl groups is 2. The van der Waals surface area contributed by atoms with Gasteiger partial charge in [-0.15, -0.1) is 0 Å². The summed E-state index contributed by atoms with van der Waals surface area (Å²) in [6, 6.07) is -0.625. The van der Waals surface area contributed by atoms with Crippen molar-refractivity contribution in [3.05, 3.63) is 24.3 Å². The first-order valence-corrected chi connectivity index (χ1v) is 44.6. The van der Waals surface area contributed by atoms with E-state index in [2.05, 4.69) is 31.3 Å². The third-order valence-electron chi connectivity index (χ3n) is 21.2. The number of nitrogens with one attached hydrogen (secondary N) is 1. The van der Waals surface area contributed by atoms with Gasteiger partial charge in [0, 0.05) is 12.8 Å². The van der Waals surface area contributed by atoms with Crippen molar-refractivity contribution in [2.75, 3.05) is 13.2 Å². The van der Waals surface area contributed by atoms with Gasteiger partial charge in [0.25, 0.3) is 0 Å². The molecule has 0 radical (unpaired) electrons. The molecule has 2 unspecified atom stereocenters. The van der Waals surface area contributed by atoms with Gasteiger partial charge in [-0.2, -0.15) is 0 Å². The van der Waals surface area contributed by atoms with E-state index in [-0.39, 0.29) is 18.5 Å². The zero-order valence-corrected chi connectivity index (χ0v) is 65.7. The van der Waals surface area contributed by atoms with Crippen LogP contribution in [-0.4, -0.2) is 47.4 Å². The molecule has 6 heteroatoms. The van der Waals surface area contributed by atoms with E-state index in [0.29, 0.717) is 19.4 Å². The number of aliphatic hydroxyl groups excluding tert-OH is 2. The Morgan fingerprint density at radius 3 is 0.740 bits per heavy atom. The van der Waals surface area contributed by atoms with E-state index >= 15 is 0 Å². The Hall–Kier alpha value is -1.66. The molecular formula is C90H175NO5. The van der Waals surface area contributed by atoms with E-state index in [1.807, 2.05) is 6.08 Å². The molecule has 0 aromatic rings. The van der Waals surface area contributed by atoms with Crippen LogP contribution in [0.4, 0.5) is 0 Å². The van der Waals surface area contributed by atoms with Gasteiger partial charge in [-0.3, -0.25) is 9.59 Å². The standard InChI is InChI=1S/C90H175NO5/c1-3-5-7-9-11-13-15-17-19-21-23-24-25-41-44-47-50-54-58-62-66-70-74-78-82-88(93)87(86-92)91-89(94)83-79-75-71-67-63-59-55-51-48-45-42-39-37-35-33-31-29-27-26-28-30-32-34-36-38-40-43-46-49-53-57-61-65-69-73-77-81-85-96-90(95)84-80-76-72-68-64-60-56-52-22-20-18-16-14-12-10-8-6-4-2/h20,22,78,82,87-88,92-93H,3-19,21,23-77,79-81,83-86H2,1-2H3,(H,91,94)/b22-20-,82-78+. The van der Waals surface area contributed by atoms with Crippen molar-refractivity contribution in [3.63, 3.8) is 0 Å². The summed E-state index contributed by atoms with van der Waals surface area (Å²) in [5.41, 5.74) is 0. The predicted molar refractivity (Wildman–Crippen MR) is 426 cm³/mol. The van der Waals surface area contributed by atoms with Gasteiger partial charge < -0.3 is 20.3 Å². The van der Waals surface area contributed by atoms with Crippen LogP contribution in [0.15, 0.2) is 24.3 Å². The maximum atomic E-state index is 12.6. The van der Waals surface area contributed by atoms with Crippen LogP contribution in [0, 0.1) is 0 Å². The Morgan fingerprint density at radius 2 is 0.490 bits per heavy atom. The molecule has 0 spiro atoms. The van der Waals surface area contributed by atoms with Crippen molar-refractivity contribution in [3.8, 4) is 0 Å². The molecule has 2 atom stereocenters. The van der Waals surface area contributed by atoms with E-state index in [0.717, 1.165) is 38.5 Å². The lowest BCUT2D eigenvalue weighted by Crippen LogP contribution is -2.45. The Balaban J connectivity index is 3.32. The van der Waals surface area contributed by atoms with Crippen molar-refractivity contribution >= 4 is 11.9 Å². The summed E-state index contributed by atoms with van der Waals surface area (Å²) >= 11 is 0. The Kier molecular flexibility index (Phi) is 84.3. The average molecular weight is 1350 g/mol. The lowest BCUT2D eigenvalue weighted by molar-refractivity contribution is -0.143. The number of unbranched alkanes of at least 4 members (excludes halogenated alkanes) is 72. The largest absolute Gasteiger partial charge is 0.466 e. The lowest BCUT2D eigenvalue weighted by Gasteiger charge is -2.20. The van der Waals surface area contributed by atoms with Crippen LogP contribution in [0.2, 0.25) is 0 Å². The van der Waals surface area contributed by atoms with Gasteiger partial charge in [0.05, 0.1) is 25.4 Å². The molecule has 0 aliphatic heterocycles. The normalized spacial score (nSPS) is 12.5. The molecule has 0 saturated carbocycles. The van der Waals surface area contributed by atoms with Gasteiger partial charge in [0.2, 0.25) is 5.91 Å². The molecule has 570 valence electrons. The second-order valence-corrected chi connectivity index (χ2v) is 30.9. The minimum Gasteiger partial charge on any atom is -0.466 e. The Labute approximate surface area is 602 Å². The van der Waals surface area contributed by atoms with Gasteiger partial charge in [-0.1, -0.05) is 468 Å². The first-order valence-electron chi connectivity index (χ1n) is 44.6. The monoisotopic (exact) mass is 1350 g/mol. The molecule has 3 N–H and O–H groups in total. The van der Waals surface area contributed by atoms with E-state index in [1.165, 1.54) is 449 Å². The summed E-state index contributed by atoms with van der Waals surface area (Å²) in [4.78, 5) is 24.7. The highest BCUT2D eigenvalue weighted by atomic mass is 16.5. The number of hydrogen-bond acceptors (Lipinski definition) is 5. The van der Waals surface area contributed by atoms with Crippen molar-refractivity contribution in [2.45, 2.75) is 527 Å². The molecule has 0 saturated heterocycles. The number of carbonyl (C=O) groups is 2. The Bertz CT molecular complexity index is 1510. The SMILES string of the molecule is CCCCCCCCC/C=C\CCCCCCCCCC(=O)OCCCCCCCCCCCCCCCCCCCCCCCCCCCCCCCCCCCCCCCC(=O)NC(CO)C(O)/C=C/CCCCCCCCCCCCCCCCCCCCCCCC. The molecule has 0 heterocycles. The molecule has 0 aliphatic rings. The third-order valence-corrected chi connectivity index (χ3v) is 21.2. The minimum atomic E-state index is -0.842. The van der Waals surface area contributed by atoms with Crippen LogP contribution >= 0.6 is 0 Å². The highest BCUT2D eigenvalue weighted by molar-refractivity contribution is 5.76. The first-order chi connectivity index (χ1) is 47.5. The van der Waals surface area contributed by atoms with Crippen LogP contribution < -0.4 is 5.32 Å². The first kappa shape index (κ1) is 94.3. The number of rotatable bonds is 85. The van der Waals surface area contributed by atoms with Crippen molar-refractivity contribution in [1.82, 2.24) is 5.32 Å². The molecule has 6 nitrogen and oxygen atoms in total. The zero-order valence-electron chi connectivity index (χ0n) is 65.7. The van der Waals surface area contributed by atoms with Gasteiger partial charge in [0.1, 0.15) is 0 Å². The van der Waals surface area contributed by atoms with Crippen LogP contribution in [-0.2, 0) is 14.3 Å². The minimum absolute atomic E-state index is 0.0216. The smallest absolute Gasteiger partial charge is 0.305 e. The van der Waals surface area contributed by atoms with Gasteiger partial charge in [-0.05, 0) is 57.8 Å². The molecule has 1 amide bonds. The number of allylic oxidation sites excluding steroid dienone is 3. The maximum Gasteiger partial charge on any atom is 0.305 e. The number of hydrogen-bond donors (Lipinski definition) is 3. The highest BCUT2D eigenvalue weighted by Gasteiger charge is 2.18. The van der Waals surface area contributed by atoms with Crippen LogP contribution in [0.1, 0.15) is 515 Å². The summed E-state index contributed by atoms with van der Waals surface area (Å²) in [6.07, 6.45) is 112. The summed E-state index contributed by atoms with van der Waals surface area (Å²) < 4.78 is 5.52. The molecule has 0 aliphatic carbocycles. The molecule has 0 fully saturated rings. The topological polar surface area (TPSA) is 95.9 Å². The Morgan fingerprint density at radius 1 is 0.281 bits per heavy atom. The van der Waals surface area contributed by atoms with Gasteiger partial charge >= 0.3 is 5.97 Å². The summed E-state index contributed by atoms with van der Waals surface area (Å²) in [6.45, 7) is 4.97. The molecule has 0 bridgehead atoms. The quantitative estimate of drug-likeness (QED) is 0.0320. The fourth-order valence-electron chi connectivity index (χ4n) is 14.5. The van der Waals surface area contributed by atoms with Crippen molar-refractivity contribution in [1.29, 1.82) is 0 Å². The molecule has 96 heavy (non-hydrogen) atoms.